The van der Waals surface area contributed by atoms with E-state index in [4.69, 9.17) is 4.52 Å². The first-order chi connectivity index (χ1) is 12.4. The molecule has 0 aliphatic heterocycles. The van der Waals surface area contributed by atoms with Crippen molar-refractivity contribution in [2.24, 2.45) is 0 Å². The van der Waals surface area contributed by atoms with Crippen LogP contribution in [0.2, 0.25) is 0 Å². The topological polar surface area (TPSA) is 69.6 Å². The van der Waals surface area contributed by atoms with Crippen LogP contribution < -0.4 is 0 Å². The molecule has 4 rings (SSSR count). The van der Waals surface area contributed by atoms with Crippen LogP contribution in [0.5, 0.6) is 0 Å². The number of benzene rings is 1. The van der Waals surface area contributed by atoms with Gasteiger partial charge in [-0.25, -0.2) is 0 Å². The number of alkyl halides is 3. The molecule has 2 aromatic heterocycles. The summed E-state index contributed by atoms with van der Waals surface area (Å²) < 4.78 is 45.8. The second-order valence-corrected chi connectivity index (χ2v) is 7.35. The molecule has 0 N–H and O–H groups in total. The third-order valence-corrected chi connectivity index (χ3v) is 5.06. The molecular weight excluding hydrogens is 367 g/mol. The Labute approximate surface area is 150 Å². The van der Waals surface area contributed by atoms with E-state index in [2.05, 4.69) is 20.3 Å². The zero-order valence-electron chi connectivity index (χ0n) is 13.6. The van der Waals surface area contributed by atoms with Crippen molar-refractivity contribution in [2.45, 2.75) is 42.4 Å². The molecule has 136 valence electrons. The third kappa shape index (κ3) is 3.46. The van der Waals surface area contributed by atoms with Crippen LogP contribution in [0.3, 0.4) is 0 Å². The van der Waals surface area contributed by atoms with E-state index in [9.17, 15) is 13.2 Å². The lowest BCUT2D eigenvalue weighted by molar-refractivity contribution is -0.137. The molecule has 1 unspecified atom stereocenters. The Kier molecular flexibility index (Phi) is 4.22. The SMILES string of the molecule is CC(Sc1nncn1C1CC1)c1nc(-c2cccc(C(F)(F)F)c2)no1. The maximum Gasteiger partial charge on any atom is 0.416 e. The summed E-state index contributed by atoms with van der Waals surface area (Å²) in [6.45, 7) is 1.88. The van der Waals surface area contributed by atoms with Crippen molar-refractivity contribution in [3.63, 3.8) is 0 Å². The smallest absolute Gasteiger partial charge is 0.338 e. The number of aromatic nitrogens is 5. The molecule has 0 bridgehead atoms. The Hall–Kier alpha value is -2.36. The number of thioether (sulfide) groups is 1. The normalized spacial score (nSPS) is 16.0. The van der Waals surface area contributed by atoms with Crippen molar-refractivity contribution in [3.05, 3.63) is 42.0 Å². The van der Waals surface area contributed by atoms with Crippen molar-refractivity contribution < 1.29 is 17.7 Å². The van der Waals surface area contributed by atoms with E-state index < -0.39 is 11.7 Å². The summed E-state index contributed by atoms with van der Waals surface area (Å²) >= 11 is 1.43. The molecule has 6 nitrogen and oxygen atoms in total. The maximum atomic E-state index is 12.9. The predicted octanol–water partition coefficient (Wildman–Crippen LogP) is 4.54. The number of hydrogen-bond donors (Lipinski definition) is 0. The van der Waals surface area contributed by atoms with Gasteiger partial charge in [-0.05, 0) is 31.9 Å². The molecule has 26 heavy (non-hydrogen) atoms. The van der Waals surface area contributed by atoms with Gasteiger partial charge in [0.15, 0.2) is 5.16 Å². The lowest BCUT2D eigenvalue weighted by atomic mass is 10.1. The van der Waals surface area contributed by atoms with E-state index in [-0.39, 0.29) is 16.6 Å². The van der Waals surface area contributed by atoms with Gasteiger partial charge in [0.2, 0.25) is 11.7 Å². The highest BCUT2D eigenvalue weighted by atomic mass is 32.2. The Morgan fingerprint density at radius 3 is 2.85 bits per heavy atom. The summed E-state index contributed by atoms with van der Waals surface area (Å²) in [7, 11) is 0. The molecular formula is C16H14F3N5OS. The van der Waals surface area contributed by atoms with Crippen molar-refractivity contribution in [2.75, 3.05) is 0 Å². The molecule has 0 spiro atoms. The third-order valence-electron chi connectivity index (χ3n) is 4.00. The molecule has 10 heteroatoms. The summed E-state index contributed by atoms with van der Waals surface area (Å²) in [4.78, 5) is 4.25. The lowest BCUT2D eigenvalue weighted by Gasteiger charge is -2.07. The van der Waals surface area contributed by atoms with Crippen LogP contribution in [0.4, 0.5) is 13.2 Å². The zero-order valence-corrected chi connectivity index (χ0v) is 14.5. The van der Waals surface area contributed by atoms with Gasteiger partial charge >= 0.3 is 6.18 Å². The number of halogens is 3. The first-order valence-electron chi connectivity index (χ1n) is 7.99. The summed E-state index contributed by atoms with van der Waals surface area (Å²) in [6, 6.07) is 5.31. The van der Waals surface area contributed by atoms with Crippen molar-refractivity contribution in [1.82, 2.24) is 24.9 Å². The Bertz CT molecular complexity index is 919. The molecule has 0 saturated heterocycles. The number of hydrogen-bond acceptors (Lipinski definition) is 6. The first kappa shape index (κ1) is 17.1. The molecule has 1 aromatic carbocycles. The Morgan fingerprint density at radius 2 is 2.12 bits per heavy atom. The second-order valence-electron chi connectivity index (χ2n) is 6.05. The number of nitrogens with zero attached hydrogens (tertiary/aromatic N) is 5. The van der Waals surface area contributed by atoms with Gasteiger partial charge in [-0.15, -0.1) is 10.2 Å². The van der Waals surface area contributed by atoms with Gasteiger partial charge in [-0.3, -0.25) is 0 Å². The summed E-state index contributed by atoms with van der Waals surface area (Å²) in [5, 5.41) is 12.4. The van der Waals surface area contributed by atoms with Crippen molar-refractivity contribution >= 4 is 11.8 Å². The monoisotopic (exact) mass is 381 g/mol. The highest BCUT2D eigenvalue weighted by Gasteiger charge is 2.31. The Morgan fingerprint density at radius 1 is 1.31 bits per heavy atom. The fraction of sp³-hybridized carbons (Fsp3) is 0.375. The van der Waals surface area contributed by atoms with Gasteiger partial charge in [0.05, 0.1) is 10.8 Å². The first-order valence-corrected chi connectivity index (χ1v) is 8.87. The molecule has 0 radical (unpaired) electrons. The molecule has 1 aliphatic rings. The highest BCUT2D eigenvalue weighted by Crippen LogP contribution is 2.41. The minimum Gasteiger partial charge on any atom is -0.338 e. The molecule has 3 aromatic rings. The molecule has 0 amide bonds. The van der Waals surface area contributed by atoms with Crippen LogP contribution in [0.15, 0.2) is 40.3 Å². The maximum absolute atomic E-state index is 12.9. The average Bonchev–Trinajstić information content (AvgIpc) is 3.14. The van der Waals surface area contributed by atoms with E-state index in [0.29, 0.717) is 11.9 Å². The summed E-state index contributed by atoms with van der Waals surface area (Å²) in [5.74, 6) is 0.454. The molecule has 1 saturated carbocycles. The molecule has 1 fully saturated rings. The fourth-order valence-electron chi connectivity index (χ4n) is 2.48. The van der Waals surface area contributed by atoms with Gasteiger partial charge < -0.3 is 9.09 Å². The van der Waals surface area contributed by atoms with Crippen LogP contribution in [0.25, 0.3) is 11.4 Å². The quantitative estimate of drug-likeness (QED) is 0.605. The summed E-state index contributed by atoms with van der Waals surface area (Å²) in [6.07, 6.45) is -0.492. The fourth-order valence-corrected chi connectivity index (χ4v) is 3.41. The van der Waals surface area contributed by atoms with Gasteiger partial charge in [-0.2, -0.15) is 18.2 Å². The van der Waals surface area contributed by atoms with E-state index in [1.807, 2.05) is 11.5 Å². The summed E-state index contributed by atoms with van der Waals surface area (Å²) in [5.41, 5.74) is -0.491. The van der Waals surface area contributed by atoms with E-state index in [1.54, 1.807) is 6.33 Å². The van der Waals surface area contributed by atoms with Crippen molar-refractivity contribution in [1.29, 1.82) is 0 Å². The van der Waals surface area contributed by atoms with Gasteiger partial charge in [0.1, 0.15) is 6.33 Å². The van der Waals surface area contributed by atoms with Crippen molar-refractivity contribution in [3.8, 4) is 11.4 Å². The number of rotatable bonds is 5. The van der Waals surface area contributed by atoms with Gasteiger partial charge in [0, 0.05) is 11.6 Å². The lowest BCUT2D eigenvalue weighted by Crippen LogP contribution is -2.04. The van der Waals surface area contributed by atoms with E-state index >= 15 is 0 Å². The van der Waals surface area contributed by atoms with Crippen LogP contribution in [-0.4, -0.2) is 24.9 Å². The van der Waals surface area contributed by atoms with E-state index in [0.717, 1.165) is 30.1 Å². The second kappa shape index (κ2) is 6.42. The predicted molar refractivity (Wildman–Crippen MR) is 87.3 cm³/mol. The van der Waals surface area contributed by atoms with Crippen LogP contribution in [0, 0.1) is 0 Å². The molecule has 1 atom stereocenters. The average molecular weight is 381 g/mol. The highest BCUT2D eigenvalue weighted by molar-refractivity contribution is 7.99. The van der Waals surface area contributed by atoms with Gasteiger partial charge in [0.25, 0.3) is 0 Å². The van der Waals surface area contributed by atoms with Crippen LogP contribution in [0.1, 0.15) is 42.5 Å². The van der Waals surface area contributed by atoms with Crippen LogP contribution >= 0.6 is 11.8 Å². The minimum atomic E-state index is -4.42. The van der Waals surface area contributed by atoms with Gasteiger partial charge in [-0.1, -0.05) is 29.1 Å². The molecule has 1 aliphatic carbocycles. The minimum absolute atomic E-state index is 0.127. The largest absolute Gasteiger partial charge is 0.416 e. The zero-order chi connectivity index (χ0) is 18.3. The van der Waals surface area contributed by atoms with E-state index in [1.165, 1.54) is 23.9 Å². The standard InChI is InChI=1S/C16H14F3N5OS/c1-9(26-15-22-20-8-24(15)12-5-6-12)14-21-13(23-25-14)10-3-2-4-11(7-10)16(17,18)19/h2-4,7-9,12H,5-6H2,1H3. The molecule has 2 heterocycles. The van der Waals surface area contributed by atoms with Crippen LogP contribution in [-0.2, 0) is 6.18 Å². The Balaban J connectivity index is 1.53.